The highest BCUT2D eigenvalue weighted by Crippen LogP contribution is 2.38. The van der Waals surface area contributed by atoms with E-state index in [4.69, 9.17) is 0 Å². The highest BCUT2D eigenvalue weighted by atomic mass is 16.3. The van der Waals surface area contributed by atoms with E-state index in [1.807, 2.05) is 0 Å². The maximum atomic E-state index is 11.3. The van der Waals surface area contributed by atoms with Crippen molar-refractivity contribution in [1.29, 1.82) is 0 Å². The average Bonchev–Trinajstić information content (AvgIpc) is 2.02. The number of allylic oxidation sites excluding steroid dienone is 1. The van der Waals surface area contributed by atoms with Crippen LogP contribution in [-0.4, -0.2) is 17.0 Å². The molecule has 3 atom stereocenters. The van der Waals surface area contributed by atoms with Gasteiger partial charge in [-0.3, -0.25) is 4.79 Å². The van der Waals surface area contributed by atoms with Crippen molar-refractivity contribution in [2.24, 2.45) is 11.8 Å². The monoisotopic (exact) mass is 180 g/mol. The number of aliphatic hydroxyl groups excluding tert-OH is 1. The lowest BCUT2D eigenvalue weighted by Gasteiger charge is -2.37. The molecule has 2 nitrogen and oxygen atoms in total. The molecule has 2 aliphatic carbocycles. The molecule has 1 fully saturated rings. The highest BCUT2D eigenvalue weighted by molar-refractivity contribution is 5.82. The van der Waals surface area contributed by atoms with Crippen LogP contribution in [0.5, 0.6) is 0 Å². The van der Waals surface area contributed by atoms with Gasteiger partial charge in [-0.05, 0) is 18.8 Å². The van der Waals surface area contributed by atoms with Crippen molar-refractivity contribution >= 4 is 5.78 Å². The summed E-state index contributed by atoms with van der Waals surface area (Å²) in [7, 11) is 0. The molecule has 1 N–H and O–H groups in total. The van der Waals surface area contributed by atoms with Crippen molar-refractivity contribution in [3.63, 3.8) is 0 Å². The summed E-state index contributed by atoms with van der Waals surface area (Å²) in [6, 6.07) is 0. The zero-order valence-electron chi connectivity index (χ0n) is 7.99. The van der Waals surface area contributed by atoms with E-state index < -0.39 is 0 Å². The summed E-state index contributed by atoms with van der Waals surface area (Å²) in [5.41, 5.74) is 1.20. The number of rotatable bonds is 0. The van der Waals surface area contributed by atoms with E-state index in [-0.39, 0.29) is 12.0 Å². The molecule has 0 saturated heterocycles. The van der Waals surface area contributed by atoms with Crippen molar-refractivity contribution in [1.82, 2.24) is 0 Å². The minimum atomic E-state index is -0.205. The molecular weight excluding hydrogens is 164 g/mol. The summed E-state index contributed by atoms with van der Waals surface area (Å²) in [4.78, 5) is 11.3. The van der Waals surface area contributed by atoms with Crippen molar-refractivity contribution in [3.8, 4) is 0 Å². The molecule has 13 heavy (non-hydrogen) atoms. The predicted octanol–water partition coefficient (Wildman–Crippen LogP) is 1.68. The Bertz CT molecular complexity index is 255. The molecule has 0 spiro atoms. The summed E-state index contributed by atoms with van der Waals surface area (Å²) in [5, 5.41) is 9.81. The van der Waals surface area contributed by atoms with Crippen LogP contribution in [0, 0.1) is 11.8 Å². The fraction of sp³-hybridized carbons (Fsp3) is 0.727. The molecule has 2 rings (SSSR count). The van der Waals surface area contributed by atoms with Crippen molar-refractivity contribution < 1.29 is 9.90 Å². The van der Waals surface area contributed by atoms with Gasteiger partial charge in [-0.25, -0.2) is 0 Å². The normalized spacial score (nSPS) is 39.7. The fourth-order valence-corrected chi connectivity index (χ4v) is 2.72. The lowest BCUT2D eigenvalue weighted by atomic mass is 9.70. The second kappa shape index (κ2) is 3.26. The van der Waals surface area contributed by atoms with Gasteiger partial charge in [-0.15, -0.1) is 0 Å². The van der Waals surface area contributed by atoms with Crippen molar-refractivity contribution in [2.75, 3.05) is 0 Å². The molecule has 0 aromatic rings. The van der Waals surface area contributed by atoms with Crippen LogP contribution in [0.4, 0.5) is 0 Å². The first kappa shape index (κ1) is 8.95. The number of fused-ring (bicyclic) bond motifs is 1. The lowest BCUT2D eigenvalue weighted by Crippen LogP contribution is -2.36. The molecule has 0 radical (unpaired) electrons. The molecule has 0 aromatic carbocycles. The number of aliphatic hydroxyl groups is 1. The second-order valence-electron chi connectivity index (χ2n) is 4.35. The third kappa shape index (κ3) is 1.55. The Labute approximate surface area is 78.6 Å². The van der Waals surface area contributed by atoms with Gasteiger partial charge < -0.3 is 5.11 Å². The summed E-state index contributed by atoms with van der Waals surface area (Å²) < 4.78 is 0. The Morgan fingerprint density at radius 3 is 3.08 bits per heavy atom. The average molecular weight is 180 g/mol. The maximum absolute atomic E-state index is 11.3. The molecule has 1 saturated carbocycles. The molecule has 3 unspecified atom stereocenters. The molecule has 2 heteroatoms. The second-order valence-corrected chi connectivity index (χ2v) is 4.35. The zero-order chi connectivity index (χ0) is 9.42. The molecular formula is C11H16O2. The van der Waals surface area contributed by atoms with Gasteiger partial charge in [0.1, 0.15) is 5.78 Å². The van der Waals surface area contributed by atoms with Crippen LogP contribution in [0.2, 0.25) is 0 Å². The lowest BCUT2D eigenvalue weighted by molar-refractivity contribution is -0.121. The highest BCUT2D eigenvalue weighted by Gasteiger charge is 2.36. The van der Waals surface area contributed by atoms with Crippen LogP contribution in [0.25, 0.3) is 0 Å². The smallest absolute Gasteiger partial charge is 0.137 e. The van der Waals surface area contributed by atoms with Gasteiger partial charge in [-0.2, -0.15) is 0 Å². The van der Waals surface area contributed by atoms with Crippen molar-refractivity contribution in [2.45, 2.75) is 38.7 Å². The standard InChI is InChI=1S/C11H16O2/c1-7-5-9(12)6-8-3-2-4-10(13)11(7)8/h3,7,10-11,13H,2,4-6H2,1H3. The minimum Gasteiger partial charge on any atom is -0.392 e. The first-order chi connectivity index (χ1) is 6.18. The zero-order valence-corrected chi connectivity index (χ0v) is 7.99. The summed E-state index contributed by atoms with van der Waals surface area (Å²) in [6.45, 7) is 2.07. The number of hydrogen-bond acceptors (Lipinski definition) is 2. The van der Waals surface area contributed by atoms with E-state index in [9.17, 15) is 9.90 Å². The van der Waals surface area contributed by atoms with E-state index >= 15 is 0 Å². The Kier molecular flexibility index (Phi) is 2.24. The molecule has 72 valence electrons. The molecule has 0 bridgehead atoms. The van der Waals surface area contributed by atoms with E-state index in [0.717, 1.165) is 12.8 Å². The van der Waals surface area contributed by atoms with Gasteiger partial charge in [0.2, 0.25) is 0 Å². The maximum Gasteiger partial charge on any atom is 0.137 e. The largest absolute Gasteiger partial charge is 0.392 e. The molecule has 0 aliphatic heterocycles. The fourth-order valence-electron chi connectivity index (χ4n) is 2.72. The van der Waals surface area contributed by atoms with E-state index in [1.165, 1.54) is 5.57 Å². The molecule has 0 aromatic heterocycles. The van der Waals surface area contributed by atoms with Crippen LogP contribution in [0.1, 0.15) is 32.6 Å². The quantitative estimate of drug-likeness (QED) is 0.576. The number of hydrogen-bond donors (Lipinski definition) is 1. The predicted molar refractivity (Wildman–Crippen MR) is 50.2 cm³/mol. The SMILES string of the molecule is CC1CC(=O)CC2=CCCC(O)C21. The third-order valence-electron chi connectivity index (χ3n) is 3.28. The Morgan fingerprint density at radius 1 is 1.54 bits per heavy atom. The van der Waals surface area contributed by atoms with Crippen LogP contribution < -0.4 is 0 Å². The van der Waals surface area contributed by atoms with Gasteiger partial charge in [0.05, 0.1) is 6.10 Å². The molecule has 2 aliphatic rings. The van der Waals surface area contributed by atoms with Gasteiger partial charge >= 0.3 is 0 Å². The number of ketones is 1. The summed E-state index contributed by atoms with van der Waals surface area (Å²) in [5.74, 6) is 0.943. The van der Waals surface area contributed by atoms with Crippen LogP contribution in [0.15, 0.2) is 11.6 Å². The van der Waals surface area contributed by atoms with Gasteiger partial charge in [0.25, 0.3) is 0 Å². The van der Waals surface area contributed by atoms with Crippen LogP contribution in [0.3, 0.4) is 0 Å². The summed E-state index contributed by atoms with van der Waals surface area (Å²) in [6.07, 6.45) is 5.00. The summed E-state index contributed by atoms with van der Waals surface area (Å²) >= 11 is 0. The van der Waals surface area contributed by atoms with Gasteiger partial charge in [0, 0.05) is 18.8 Å². The Balaban J connectivity index is 2.24. The first-order valence-corrected chi connectivity index (χ1v) is 5.07. The Morgan fingerprint density at radius 2 is 2.31 bits per heavy atom. The third-order valence-corrected chi connectivity index (χ3v) is 3.28. The van der Waals surface area contributed by atoms with Gasteiger partial charge in [0.15, 0.2) is 0 Å². The topological polar surface area (TPSA) is 37.3 Å². The number of carbonyl (C=O) groups is 1. The Hall–Kier alpha value is -0.630. The van der Waals surface area contributed by atoms with Crippen LogP contribution in [-0.2, 0) is 4.79 Å². The molecule has 0 amide bonds. The van der Waals surface area contributed by atoms with E-state index in [0.29, 0.717) is 24.5 Å². The first-order valence-electron chi connectivity index (χ1n) is 5.07. The number of Topliss-reactive ketones (excluding diaryl/α,β-unsaturated/α-hetero) is 1. The van der Waals surface area contributed by atoms with E-state index in [1.54, 1.807) is 0 Å². The number of carbonyl (C=O) groups excluding carboxylic acids is 1. The van der Waals surface area contributed by atoms with Crippen LogP contribution >= 0.6 is 0 Å². The van der Waals surface area contributed by atoms with Crippen molar-refractivity contribution in [3.05, 3.63) is 11.6 Å². The van der Waals surface area contributed by atoms with E-state index in [2.05, 4.69) is 13.0 Å². The molecule has 0 heterocycles. The minimum absolute atomic E-state index is 0.205. The van der Waals surface area contributed by atoms with Gasteiger partial charge in [-0.1, -0.05) is 18.6 Å².